The molecule has 1 aliphatic heterocycles. The van der Waals surface area contributed by atoms with Crippen molar-refractivity contribution in [3.8, 4) is 0 Å². The van der Waals surface area contributed by atoms with E-state index in [4.69, 9.17) is 10.8 Å². The first-order valence-corrected chi connectivity index (χ1v) is 7.91. The van der Waals surface area contributed by atoms with Crippen LogP contribution < -0.4 is 5.73 Å². The van der Waals surface area contributed by atoms with E-state index in [0.717, 1.165) is 25.8 Å². The summed E-state index contributed by atoms with van der Waals surface area (Å²) in [6.07, 6.45) is 3.52. The number of nitrogens with two attached hydrogens (primary N) is 1. The quantitative estimate of drug-likeness (QED) is 0.579. The Labute approximate surface area is 139 Å². The molecule has 1 saturated heterocycles. The molecule has 1 aliphatic rings. The van der Waals surface area contributed by atoms with Crippen LogP contribution in [0.15, 0.2) is 18.2 Å². The molecule has 0 radical (unpaired) electrons. The zero-order valence-corrected chi connectivity index (χ0v) is 13.3. The van der Waals surface area contributed by atoms with Crippen LogP contribution in [-0.2, 0) is 11.3 Å². The summed E-state index contributed by atoms with van der Waals surface area (Å²) in [6, 6.07) is 4.35. The van der Waals surface area contributed by atoms with E-state index in [1.54, 1.807) is 6.07 Å². The van der Waals surface area contributed by atoms with Gasteiger partial charge in [0.05, 0.1) is 4.92 Å². The summed E-state index contributed by atoms with van der Waals surface area (Å²) in [5.74, 6) is -1.54. The summed E-state index contributed by atoms with van der Waals surface area (Å²) in [5, 5.41) is 20.2. The molecule has 0 bridgehead atoms. The largest absolute Gasteiger partial charge is 0.481 e. The Kier molecular flexibility index (Phi) is 5.86. The summed E-state index contributed by atoms with van der Waals surface area (Å²) < 4.78 is 0. The van der Waals surface area contributed by atoms with E-state index in [1.807, 2.05) is 0 Å². The molecule has 1 atom stereocenters. The lowest BCUT2D eigenvalue weighted by Crippen LogP contribution is -2.39. The van der Waals surface area contributed by atoms with Gasteiger partial charge in [-0.05, 0) is 31.9 Å². The molecule has 1 unspecified atom stereocenters. The van der Waals surface area contributed by atoms with Gasteiger partial charge in [-0.25, -0.2) is 0 Å². The maximum atomic E-state index is 11.3. The fourth-order valence-corrected chi connectivity index (χ4v) is 3.12. The summed E-state index contributed by atoms with van der Waals surface area (Å²) in [4.78, 5) is 34.9. The standard InChI is InChI=1S/C16H21N3O5/c17-16(22)11-4-5-12(14(9-11)19(23)24)10-18-8-2-1-3-13(18)6-7-15(20)21/h4-5,9,13H,1-3,6-8,10H2,(H2,17,22)(H,20,21). The lowest BCUT2D eigenvalue weighted by molar-refractivity contribution is -0.385. The number of nitrogens with zero attached hydrogens (tertiary/aromatic N) is 2. The van der Waals surface area contributed by atoms with Gasteiger partial charge in [0.1, 0.15) is 0 Å². The average Bonchev–Trinajstić information content (AvgIpc) is 2.53. The normalized spacial score (nSPS) is 18.2. The Balaban J connectivity index is 2.19. The van der Waals surface area contributed by atoms with Crippen molar-refractivity contribution in [2.75, 3.05) is 6.54 Å². The SMILES string of the molecule is NC(=O)c1ccc(CN2CCCCC2CCC(=O)O)c([N+](=O)[O-])c1. The molecule has 1 amide bonds. The molecular formula is C16H21N3O5. The first-order chi connectivity index (χ1) is 11.4. The molecule has 0 aromatic heterocycles. The summed E-state index contributed by atoms with van der Waals surface area (Å²) in [5.41, 5.74) is 5.66. The maximum absolute atomic E-state index is 11.3. The Hall–Kier alpha value is -2.48. The fourth-order valence-electron chi connectivity index (χ4n) is 3.12. The average molecular weight is 335 g/mol. The van der Waals surface area contributed by atoms with Crippen molar-refractivity contribution in [3.63, 3.8) is 0 Å². The minimum absolute atomic E-state index is 0.0872. The number of amides is 1. The zero-order valence-electron chi connectivity index (χ0n) is 13.3. The van der Waals surface area contributed by atoms with Gasteiger partial charge in [0.15, 0.2) is 0 Å². The Morgan fingerprint density at radius 2 is 2.12 bits per heavy atom. The predicted molar refractivity (Wildman–Crippen MR) is 86.5 cm³/mol. The fraction of sp³-hybridized carbons (Fsp3) is 0.500. The number of carbonyl (C=O) groups is 2. The van der Waals surface area contributed by atoms with Crippen molar-refractivity contribution in [2.24, 2.45) is 5.73 Å². The highest BCUT2D eigenvalue weighted by Gasteiger charge is 2.26. The number of hydrogen-bond acceptors (Lipinski definition) is 5. The minimum atomic E-state index is -0.836. The number of carbonyl (C=O) groups excluding carboxylic acids is 1. The third kappa shape index (κ3) is 4.51. The number of hydrogen-bond donors (Lipinski definition) is 2. The van der Waals surface area contributed by atoms with Gasteiger partial charge in [-0.2, -0.15) is 0 Å². The summed E-state index contributed by atoms with van der Waals surface area (Å²) in [7, 11) is 0. The Bertz CT molecular complexity index is 647. The zero-order chi connectivity index (χ0) is 17.7. The monoisotopic (exact) mass is 335 g/mol. The molecule has 1 aromatic rings. The van der Waals surface area contributed by atoms with Crippen molar-refractivity contribution in [3.05, 3.63) is 39.4 Å². The van der Waals surface area contributed by atoms with E-state index >= 15 is 0 Å². The van der Waals surface area contributed by atoms with E-state index in [1.165, 1.54) is 12.1 Å². The van der Waals surface area contributed by atoms with Crippen molar-refractivity contribution < 1.29 is 19.6 Å². The highest BCUT2D eigenvalue weighted by atomic mass is 16.6. The molecule has 8 nitrogen and oxygen atoms in total. The number of carboxylic acids is 1. The highest BCUT2D eigenvalue weighted by molar-refractivity contribution is 5.93. The lowest BCUT2D eigenvalue weighted by atomic mass is 9.96. The lowest BCUT2D eigenvalue weighted by Gasteiger charge is -2.35. The van der Waals surface area contributed by atoms with Crippen LogP contribution in [0.2, 0.25) is 0 Å². The topological polar surface area (TPSA) is 127 Å². The summed E-state index contributed by atoms with van der Waals surface area (Å²) >= 11 is 0. The van der Waals surface area contributed by atoms with E-state index in [0.29, 0.717) is 18.5 Å². The molecule has 1 heterocycles. The van der Waals surface area contributed by atoms with Gasteiger partial charge < -0.3 is 10.8 Å². The van der Waals surface area contributed by atoms with Crippen molar-refractivity contribution in [1.29, 1.82) is 0 Å². The number of benzene rings is 1. The van der Waals surface area contributed by atoms with Crippen molar-refractivity contribution in [2.45, 2.75) is 44.7 Å². The molecular weight excluding hydrogens is 314 g/mol. The summed E-state index contributed by atoms with van der Waals surface area (Å²) in [6.45, 7) is 1.14. The van der Waals surface area contributed by atoms with Crippen LogP contribution in [0.4, 0.5) is 5.69 Å². The first kappa shape index (κ1) is 17.9. The van der Waals surface area contributed by atoms with Crippen LogP contribution in [0.25, 0.3) is 0 Å². The van der Waals surface area contributed by atoms with E-state index < -0.39 is 16.8 Å². The molecule has 0 aliphatic carbocycles. The van der Waals surface area contributed by atoms with Gasteiger partial charge in [-0.1, -0.05) is 12.5 Å². The van der Waals surface area contributed by atoms with Gasteiger partial charge in [0.2, 0.25) is 5.91 Å². The van der Waals surface area contributed by atoms with Gasteiger partial charge in [-0.3, -0.25) is 24.6 Å². The molecule has 1 fully saturated rings. The number of aliphatic carboxylic acids is 1. The van der Waals surface area contributed by atoms with Crippen LogP contribution in [0, 0.1) is 10.1 Å². The Morgan fingerprint density at radius 3 is 2.75 bits per heavy atom. The number of carboxylic acid groups (broad SMARTS) is 1. The van der Waals surface area contributed by atoms with Gasteiger partial charge in [-0.15, -0.1) is 0 Å². The van der Waals surface area contributed by atoms with Crippen LogP contribution in [0.5, 0.6) is 0 Å². The second kappa shape index (κ2) is 7.87. The number of primary amides is 1. The number of rotatable bonds is 7. The molecule has 0 saturated carbocycles. The van der Waals surface area contributed by atoms with Gasteiger partial charge in [0, 0.05) is 36.2 Å². The molecule has 8 heteroatoms. The van der Waals surface area contributed by atoms with E-state index in [2.05, 4.69) is 4.90 Å². The number of piperidine rings is 1. The highest BCUT2D eigenvalue weighted by Crippen LogP contribution is 2.27. The molecule has 0 spiro atoms. The smallest absolute Gasteiger partial charge is 0.303 e. The van der Waals surface area contributed by atoms with Crippen molar-refractivity contribution >= 4 is 17.6 Å². The second-order valence-corrected chi connectivity index (χ2v) is 6.02. The van der Waals surface area contributed by atoms with Crippen LogP contribution >= 0.6 is 0 Å². The number of nitro benzene ring substituents is 1. The molecule has 2 rings (SSSR count). The van der Waals surface area contributed by atoms with E-state index in [-0.39, 0.29) is 23.7 Å². The number of likely N-dealkylation sites (tertiary alicyclic amines) is 1. The van der Waals surface area contributed by atoms with E-state index in [9.17, 15) is 19.7 Å². The molecule has 24 heavy (non-hydrogen) atoms. The third-order valence-corrected chi connectivity index (χ3v) is 4.38. The van der Waals surface area contributed by atoms with Crippen molar-refractivity contribution in [1.82, 2.24) is 4.90 Å². The number of nitro groups is 1. The van der Waals surface area contributed by atoms with Gasteiger partial charge in [0.25, 0.3) is 5.69 Å². The van der Waals surface area contributed by atoms with Crippen LogP contribution in [0.3, 0.4) is 0 Å². The van der Waals surface area contributed by atoms with Crippen LogP contribution in [-0.4, -0.2) is 39.4 Å². The molecule has 1 aromatic carbocycles. The molecule has 3 N–H and O–H groups in total. The maximum Gasteiger partial charge on any atom is 0.303 e. The minimum Gasteiger partial charge on any atom is -0.481 e. The van der Waals surface area contributed by atoms with Gasteiger partial charge >= 0.3 is 5.97 Å². The third-order valence-electron chi connectivity index (χ3n) is 4.38. The second-order valence-electron chi connectivity index (χ2n) is 6.02. The Morgan fingerprint density at radius 1 is 1.38 bits per heavy atom. The molecule has 130 valence electrons. The van der Waals surface area contributed by atoms with Crippen LogP contribution in [0.1, 0.15) is 48.0 Å². The first-order valence-electron chi connectivity index (χ1n) is 7.91. The predicted octanol–water partition coefficient (Wildman–Crippen LogP) is 1.91.